The summed E-state index contributed by atoms with van der Waals surface area (Å²) in [7, 11) is -3.34. The Kier molecular flexibility index (Phi) is 5.18. The summed E-state index contributed by atoms with van der Waals surface area (Å²) in [6.07, 6.45) is 0.604. The van der Waals surface area contributed by atoms with Gasteiger partial charge in [0, 0.05) is 3.57 Å². The van der Waals surface area contributed by atoms with Gasteiger partial charge in [0.15, 0.2) is 0 Å². The van der Waals surface area contributed by atoms with Crippen molar-refractivity contribution >= 4 is 38.3 Å². The molecule has 1 aromatic rings. The topological polar surface area (TPSA) is 46.2 Å². The van der Waals surface area contributed by atoms with Crippen LogP contribution in [0.3, 0.4) is 0 Å². The average molecular weight is 371 g/mol. The molecule has 6 heteroatoms. The maximum atomic E-state index is 12.9. The van der Waals surface area contributed by atoms with Gasteiger partial charge in [-0.2, -0.15) is 0 Å². The van der Waals surface area contributed by atoms with Gasteiger partial charge >= 0.3 is 0 Å². The third-order valence-electron chi connectivity index (χ3n) is 2.16. The van der Waals surface area contributed by atoms with Crippen molar-refractivity contribution in [3.8, 4) is 0 Å². The first-order valence-electron chi connectivity index (χ1n) is 5.26. The lowest BCUT2D eigenvalue weighted by Gasteiger charge is -2.10. The molecule has 0 aliphatic rings. The molecule has 0 atom stereocenters. The molecular formula is C11H15FINO2S. The van der Waals surface area contributed by atoms with E-state index in [2.05, 4.69) is 4.72 Å². The number of anilines is 1. The number of hydrogen-bond donors (Lipinski definition) is 1. The van der Waals surface area contributed by atoms with Crippen LogP contribution in [0.5, 0.6) is 0 Å². The van der Waals surface area contributed by atoms with Gasteiger partial charge in [-0.05, 0) is 53.1 Å². The maximum Gasteiger partial charge on any atom is 0.232 e. The summed E-state index contributed by atoms with van der Waals surface area (Å²) in [5, 5.41) is 0. The third-order valence-corrected chi connectivity index (χ3v) is 4.36. The van der Waals surface area contributed by atoms with Gasteiger partial charge < -0.3 is 0 Å². The molecule has 96 valence electrons. The molecule has 0 heterocycles. The largest absolute Gasteiger partial charge is 0.282 e. The highest BCUT2D eigenvalue weighted by Gasteiger charge is 2.13. The van der Waals surface area contributed by atoms with E-state index in [1.165, 1.54) is 18.2 Å². The fraction of sp³-hybridized carbons (Fsp3) is 0.455. The number of nitrogens with one attached hydrogen (secondary N) is 1. The number of halogens is 2. The average Bonchev–Trinajstić information content (AvgIpc) is 2.20. The van der Waals surface area contributed by atoms with Crippen LogP contribution in [-0.2, 0) is 10.0 Å². The van der Waals surface area contributed by atoms with Crippen LogP contribution in [0.2, 0.25) is 0 Å². The normalized spacial score (nSPS) is 11.8. The van der Waals surface area contributed by atoms with Crippen molar-refractivity contribution in [1.82, 2.24) is 0 Å². The van der Waals surface area contributed by atoms with Crippen molar-refractivity contribution in [3.05, 3.63) is 27.6 Å². The Hall–Kier alpha value is -0.370. The summed E-state index contributed by atoms with van der Waals surface area (Å²) in [4.78, 5) is 0. The predicted octanol–water partition coefficient (Wildman–Crippen LogP) is 3.22. The van der Waals surface area contributed by atoms with Gasteiger partial charge in [-0.1, -0.05) is 13.8 Å². The van der Waals surface area contributed by atoms with Crippen molar-refractivity contribution in [2.24, 2.45) is 5.92 Å². The van der Waals surface area contributed by atoms with Crippen LogP contribution in [-0.4, -0.2) is 14.2 Å². The van der Waals surface area contributed by atoms with Crippen molar-refractivity contribution in [3.63, 3.8) is 0 Å². The Labute approximate surface area is 115 Å². The molecule has 1 rings (SSSR count). The van der Waals surface area contributed by atoms with E-state index in [4.69, 9.17) is 0 Å². The number of rotatable bonds is 5. The molecule has 0 spiro atoms. The molecule has 0 fully saturated rings. The van der Waals surface area contributed by atoms with E-state index < -0.39 is 10.0 Å². The van der Waals surface area contributed by atoms with E-state index in [0.29, 0.717) is 21.6 Å². The molecule has 0 aliphatic carbocycles. The number of sulfonamides is 1. The van der Waals surface area contributed by atoms with Gasteiger partial charge in [0.2, 0.25) is 10.0 Å². The van der Waals surface area contributed by atoms with Crippen LogP contribution < -0.4 is 4.72 Å². The van der Waals surface area contributed by atoms with Crippen molar-refractivity contribution in [2.45, 2.75) is 20.3 Å². The highest BCUT2D eigenvalue weighted by Crippen LogP contribution is 2.20. The first-order valence-corrected chi connectivity index (χ1v) is 7.99. The minimum atomic E-state index is -3.34. The Morgan fingerprint density at radius 2 is 2.06 bits per heavy atom. The fourth-order valence-electron chi connectivity index (χ4n) is 1.18. The molecule has 0 amide bonds. The second-order valence-corrected chi connectivity index (χ2v) is 7.23. The molecule has 0 saturated carbocycles. The molecule has 0 bridgehead atoms. The second-order valence-electron chi connectivity index (χ2n) is 4.23. The molecule has 17 heavy (non-hydrogen) atoms. The monoisotopic (exact) mass is 371 g/mol. The first kappa shape index (κ1) is 14.7. The zero-order chi connectivity index (χ0) is 13.1. The predicted molar refractivity (Wildman–Crippen MR) is 76.0 cm³/mol. The van der Waals surface area contributed by atoms with Gasteiger partial charge in [0.25, 0.3) is 0 Å². The third kappa shape index (κ3) is 5.20. The van der Waals surface area contributed by atoms with Crippen LogP contribution >= 0.6 is 22.6 Å². The Bertz CT molecular complexity index is 488. The smallest absolute Gasteiger partial charge is 0.232 e. The quantitative estimate of drug-likeness (QED) is 0.808. The van der Waals surface area contributed by atoms with Gasteiger partial charge in [-0.15, -0.1) is 0 Å². The highest BCUT2D eigenvalue weighted by molar-refractivity contribution is 14.1. The van der Waals surface area contributed by atoms with Gasteiger partial charge in [0.1, 0.15) is 5.82 Å². The van der Waals surface area contributed by atoms with Crippen LogP contribution in [0.25, 0.3) is 0 Å². The molecule has 0 radical (unpaired) electrons. The summed E-state index contributed by atoms with van der Waals surface area (Å²) in [6, 6.07) is 3.97. The number of benzene rings is 1. The minimum Gasteiger partial charge on any atom is -0.282 e. The summed E-state index contributed by atoms with van der Waals surface area (Å²) in [5.41, 5.74) is 0.427. The lowest BCUT2D eigenvalue weighted by molar-refractivity contribution is 0.578. The summed E-state index contributed by atoms with van der Waals surface area (Å²) >= 11 is 1.90. The lowest BCUT2D eigenvalue weighted by Crippen LogP contribution is -2.18. The van der Waals surface area contributed by atoms with Crippen molar-refractivity contribution in [2.75, 3.05) is 10.5 Å². The van der Waals surface area contributed by atoms with Crippen LogP contribution in [0.15, 0.2) is 18.2 Å². The summed E-state index contributed by atoms with van der Waals surface area (Å²) in [5.74, 6) is 0.0383. The zero-order valence-electron chi connectivity index (χ0n) is 9.70. The molecule has 1 aromatic carbocycles. The molecular weight excluding hydrogens is 356 g/mol. The summed E-state index contributed by atoms with van der Waals surface area (Å²) in [6.45, 7) is 3.94. The van der Waals surface area contributed by atoms with E-state index in [-0.39, 0.29) is 11.6 Å². The minimum absolute atomic E-state index is 0.0815. The van der Waals surface area contributed by atoms with Crippen molar-refractivity contribution in [1.29, 1.82) is 0 Å². The highest BCUT2D eigenvalue weighted by atomic mass is 127. The Balaban J connectivity index is 2.76. The van der Waals surface area contributed by atoms with Crippen LogP contribution in [0.1, 0.15) is 20.3 Å². The maximum absolute atomic E-state index is 12.9. The van der Waals surface area contributed by atoms with Crippen LogP contribution in [0.4, 0.5) is 10.1 Å². The molecule has 0 saturated heterocycles. The number of hydrogen-bond acceptors (Lipinski definition) is 2. The van der Waals surface area contributed by atoms with E-state index in [1.807, 2.05) is 36.4 Å². The molecule has 0 aromatic heterocycles. The van der Waals surface area contributed by atoms with E-state index in [9.17, 15) is 12.8 Å². The Morgan fingerprint density at radius 1 is 1.41 bits per heavy atom. The van der Waals surface area contributed by atoms with Gasteiger partial charge in [-0.25, -0.2) is 12.8 Å². The zero-order valence-corrected chi connectivity index (χ0v) is 12.7. The lowest BCUT2D eigenvalue weighted by atomic mass is 10.2. The molecule has 3 nitrogen and oxygen atoms in total. The molecule has 1 N–H and O–H groups in total. The van der Waals surface area contributed by atoms with E-state index >= 15 is 0 Å². The molecule has 0 aliphatic heterocycles. The fourth-order valence-corrected chi connectivity index (χ4v) is 3.37. The van der Waals surface area contributed by atoms with Crippen molar-refractivity contribution < 1.29 is 12.8 Å². The second kappa shape index (κ2) is 5.99. The SMILES string of the molecule is CC(C)CCS(=O)(=O)Nc1ccc(F)cc1I. The first-order chi connectivity index (χ1) is 7.80. The Morgan fingerprint density at radius 3 is 2.59 bits per heavy atom. The van der Waals surface area contributed by atoms with E-state index in [1.54, 1.807) is 0 Å². The van der Waals surface area contributed by atoms with E-state index in [0.717, 1.165) is 0 Å². The van der Waals surface area contributed by atoms with Gasteiger partial charge in [0.05, 0.1) is 11.4 Å². The molecule has 0 unspecified atom stereocenters. The van der Waals surface area contributed by atoms with Crippen LogP contribution in [0, 0.1) is 15.3 Å². The van der Waals surface area contributed by atoms with Gasteiger partial charge in [-0.3, -0.25) is 4.72 Å². The standard InChI is InChI=1S/C11H15FINO2S/c1-8(2)5-6-17(15,16)14-11-4-3-9(12)7-10(11)13/h3-4,7-8,14H,5-6H2,1-2H3. The summed E-state index contributed by atoms with van der Waals surface area (Å²) < 4.78 is 39.3.